The summed E-state index contributed by atoms with van der Waals surface area (Å²) in [6.07, 6.45) is -0.0506. The number of benzene rings is 1. The first-order chi connectivity index (χ1) is 9.20. The maximum atomic E-state index is 11.2. The van der Waals surface area contributed by atoms with Crippen LogP contribution in [0.3, 0.4) is 0 Å². The molecule has 100 valence electrons. The Labute approximate surface area is 109 Å². The predicted octanol–water partition coefficient (Wildman–Crippen LogP) is 1.14. The molecular formula is C13H13NO5. The van der Waals surface area contributed by atoms with E-state index in [2.05, 4.69) is 5.16 Å². The average Bonchev–Trinajstić information content (AvgIpc) is 3.00. The number of ether oxygens (including phenoxy) is 2. The maximum absolute atomic E-state index is 11.2. The van der Waals surface area contributed by atoms with Crippen molar-refractivity contribution in [1.82, 2.24) is 0 Å². The highest BCUT2D eigenvalue weighted by Crippen LogP contribution is 2.30. The highest BCUT2D eigenvalue weighted by Gasteiger charge is 2.40. The van der Waals surface area contributed by atoms with Crippen LogP contribution in [0, 0.1) is 5.92 Å². The van der Waals surface area contributed by atoms with Gasteiger partial charge in [0, 0.05) is 5.56 Å². The SMILES string of the molecule is COc1ccc(C2=NOC3COCC23)cc1C(=O)O. The third-order valence-corrected chi connectivity index (χ3v) is 3.39. The second kappa shape index (κ2) is 4.55. The Hall–Kier alpha value is -2.08. The van der Waals surface area contributed by atoms with Gasteiger partial charge in [-0.2, -0.15) is 0 Å². The second-order valence-electron chi connectivity index (χ2n) is 4.48. The summed E-state index contributed by atoms with van der Waals surface area (Å²) in [6.45, 7) is 1.08. The number of carboxylic acids is 1. The molecule has 19 heavy (non-hydrogen) atoms. The molecule has 1 saturated heterocycles. The molecule has 0 spiro atoms. The molecule has 2 heterocycles. The Kier molecular flexibility index (Phi) is 2.87. The molecule has 2 unspecified atom stereocenters. The van der Waals surface area contributed by atoms with Gasteiger partial charge in [-0.25, -0.2) is 4.79 Å². The zero-order chi connectivity index (χ0) is 13.4. The van der Waals surface area contributed by atoms with E-state index < -0.39 is 5.97 Å². The quantitative estimate of drug-likeness (QED) is 0.884. The first-order valence-electron chi connectivity index (χ1n) is 5.94. The smallest absolute Gasteiger partial charge is 0.339 e. The number of fused-ring (bicyclic) bond motifs is 1. The van der Waals surface area contributed by atoms with E-state index in [0.29, 0.717) is 19.0 Å². The number of carboxylic acid groups (broad SMARTS) is 1. The fourth-order valence-corrected chi connectivity index (χ4v) is 2.39. The van der Waals surface area contributed by atoms with E-state index in [-0.39, 0.29) is 17.6 Å². The minimum Gasteiger partial charge on any atom is -0.496 e. The van der Waals surface area contributed by atoms with E-state index >= 15 is 0 Å². The molecule has 3 rings (SSSR count). The zero-order valence-electron chi connectivity index (χ0n) is 10.3. The third kappa shape index (κ3) is 1.94. The van der Waals surface area contributed by atoms with Crippen LogP contribution in [0.2, 0.25) is 0 Å². The Balaban J connectivity index is 1.98. The standard InChI is InChI=1S/C13H13NO5/c1-17-10-3-2-7(4-8(10)13(15)16)12-9-5-18-6-11(9)19-14-12/h2-4,9,11H,5-6H2,1H3,(H,15,16). The van der Waals surface area contributed by atoms with Crippen LogP contribution in [-0.4, -0.2) is 43.2 Å². The lowest BCUT2D eigenvalue weighted by Crippen LogP contribution is -2.22. The van der Waals surface area contributed by atoms with Crippen molar-refractivity contribution in [1.29, 1.82) is 0 Å². The van der Waals surface area contributed by atoms with Crippen LogP contribution in [0.5, 0.6) is 5.75 Å². The molecule has 0 amide bonds. The van der Waals surface area contributed by atoms with Crippen LogP contribution in [0.1, 0.15) is 15.9 Å². The van der Waals surface area contributed by atoms with Gasteiger partial charge in [0.25, 0.3) is 0 Å². The van der Waals surface area contributed by atoms with Crippen LogP contribution >= 0.6 is 0 Å². The van der Waals surface area contributed by atoms with E-state index in [1.54, 1.807) is 18.2 Å². The van der Waals surface area contributed by atoms with Crippen LogP contribution in [0.4, 0.5) is 0 Å². The fraction of sp³-hybridized carbons (Fsp3) is 0.385. The summed E-state index contributed by atoms with van der Waals surface area (Å²) in [7, 11) is 1.44. The molecule has 2 aliphatic rings. The van der Waals surface area contributed by atoms with Gasteiger partial charge in [-0.3, -0.25) is 0 Å². The molecule has 0 bridgehead atoms. The van der Waals surface area contributed by atoms with Gasteiger partial charge in [0.05, 0.1) is 32.0 Å². The lowest BCUT2D eigenvalue weighted by atomic mass is 9.94. The molecule has 1 aromatic rings. The minimum absolute atomic E-state index is 0.0506. The van der Waals surface area contributed by atoms with Gasteiger partial charge in [-0.15, -0.1) is 0 Å². The summed E-state index contributed by atoms with van der Waals surface area (Å²) >= 11 is 0. The average molecular weight is 263 g/mol. The topological polar surface area (TPSA) is 77.3 Å². The van der Waals surface area contributed by atoms with Crippen molar-refractivity contribution in [3.8, 4) is 5.75 Å². The van der Waals surface area contributed by atoms with Crippen molar-refractivity contribution >= 4 is 11.7 Å². The summed E-state index contributed by atoms with van der Waals surface area (Å²) in [5.74, 6) is -0.623. The number of carbonyl (C=O) groups is 1. The molecule has 6 heteroatoms. The number of methoxy groups -OCH3 is 1. The summed E-state index contributed by atoms with van der Waals surface area (Å²) in [5.41, 5.74) is 1.59. The van der Waals surface area contributed by atoms with E-state index in [0.717, 1.165) is 11.3 Å². The van der Waals surface area contributed by atoms with E-state index in [9.17, 15) is 9.90 Å². The number of rotatable bonds is 3. The minimum atomic E-state index is -1.03. The van der Waals surface area contributed by atoms with Crippen molar-refractivity contribution in [3.05, 3.63) is 29.3 Å². The summed E-state index contributed by atoms with van der Waals surface area (Å²) < 4.78 is 10.4. The second-order valence-corrected chi connectivity index (χ2v) is 4.48. The lowest BCUT2D eigenvalue weighted by Gasteiger charge is -2.10. The first-order valence-corrected chi connectivity index (χ1v) is 5.94. The normalized spacial score (nSPS) is 24.6. The molecule has 2 atom stereocenters. The van der Waals surface area contributed by atoms with Gasteiger partial charge in [0.2, 0.25) is 0 Å². The Morgan fingerprint density at radius 1 is 1.47 bits per heavy atom. The summed E-state index contributed by atoms with van der Waals surface area (Å²) in [6, 6.07) is 4.97. The predicted molar refractivity (Wildman–Crippen MR) is 65.7 cm³/mol. The molecule has 0 aliphatic carbocycles. The highest BCUT2D eigenvalue weighted by atomic mass is 16.7. The van der Waals surface area contributed by atoms with Gasteiger partial charge in [0.15, 0.2) is 6.10 Å². The van der Waals surface area contributed by atoms with E-state index in [1.165, 1.54) is 7.11 Å². The van der Waals surface area contributed by atoms with Crippen molar-refractivity contribution < 1.29 is 24.2 Å². The Morgan fingerprint density at radius 2 is 2.32 bits per heavy atom. The number of nitrogens with zero attached hydrogens (tertiary/aromatic N) is 1. The van der Waals surface area contributed by atoms with Gasteiger partial charge in [0.1, 0.15) is 11.3 Å². The van der Waals surface area contributed by atoms with Crippen molar-refractivity contribution in [2.75, 3.05) is 20.3 Å². The molecule has 2 aliphatic heterocycles. The number of aromatic carboxylic acids is 1. The molecule has 0 radical (unpaired) electrons. The first kappa shape index (κ1) is 12.0. The lowest BCUT2D eigenvalue weighted by molar-refractivity contribution is 0.0558. The molecule has 0 aromatic heterocycles. The maximum Gasteiger partial charge on any atom is 0.339 e. The molecule has 0 saturated carbocycles. The zero-order valence-corrected chi connectivity index (χ0v) is 10.3. The summed E-state index contributed by atoms with van der Waals surface area (Å²) in [4.78, 5) is 16.5. The van der Waals surface area contributed by atoms with E-state index in [1.807, 2.05) is 0 Å². The number of oxime groups is 1. The monoisotopic (exact) mass is 263 g/mol. The van der Waals surface area contributed by atoms with Crippen LogP contribution in [-0.2, 0) is 9.57 Å². The van der Waals surface area contributed by atoms with Gasteiger partial charge in [-0.1, -0.05) is 5.16 Å². The van der Waals surface area contributed by atoms with Gasteiger partial charge in [-0.05, 0) is 18.2 Å². The van der Waals surface area contributed by atoms with Crippen LogP contribution in [0.25, 0.3) is 0 Å². The Morgan fingerprint density at radius 3 is 3.05 bits per heavy atom. The molecule has 6 nitrogen and oxygen atoms in total. The largest absolute Gasteiger partial charge is 0.496 e. The van der Waals surface area contributed by atoms with Crippen molar-refractivity contribution in [2.45, 2.75) is 6.10 Å². The fourth-order valence-electron chi connectivity index (χ4n) is 2.39. The third-order valence-electron chi connectivity index (χ3n) is 3.39. The van der Waals surface area contributed by atoms with Gasteiger partial charge >= 0.3 is 5.97 Å². The molecule has 1 N–H and O–H groups in total. The van der Waals surface area contributed by atoms with Crippen LogP contribution in [0.15, 0.2) is 23.4 Å². The highest BCUT2D eigenvalue weighted by molar-refractivity contribution is 6.05. The van der Waals surface area contributed by atoms with Crippen LogP contribution < -0.4 is 4.74 Å². The van der Waals surface area contributed by atoms with Gasteiger partial charge < -0.3 is 19.4 Å². The Bertz CT molecular complexity index is 554. The molecule has 1 fully saturated rings. The van der Waals surface area contributed by atoms with Crippen molar-refractivity contribution in [2.24, 2.45) is 11.1 Å². The number of hydrogen-bond acceptors (Lipinski definition) is 5. The molecular weight excluding hydrogens is 250 g/mol. The van der Waals surface area contributed by atoms with E-state index in [4.69, 9.17) is 14.3 Å². The summed E-state index contributed by atoms with van der Waals surface area (Å²) in [5, 5.41) is 13.2. The molecule has 1 aromatic carbocycles. The number of hydrogen-bond donors (Lipinski definition) is 1. The van der Waals surface area contributed by atoms with Crippen molar-refractivity contribution in [3.63, 3.8) is 0 Å².